The molecule has 0 unspecified atom stereocenters. The molecule has 0 aromatic rings. The molecule has 4 heteroatoms. The number of amides is 2. The summed E-state index contributed by atoms with van der Waals surface area (Å²) in [5, 5.41) is 2.34. The molecule has 64 valence electrons. The van der Waals surface area contributed by atoms with Gasteiger partial charge in [-0.1, -0.05) is 28.1 Å². The van der Waals surface area contributed by atoms with Gasteiger partial charge in [-0.25, -0.2) is 0 Å². The van der Waals surface area contributed by atoms with Crippen LogP contribution in [0.5, 0.6) is 0 Å². The van der Waals surface area contributed by atoms with Crippen LogP contribution in [-0.2, 0) is 9.59 Å². The van der Waals surface area contributed by atoms with E-state index in [4.69, 9.17) is 0 Å². The van der Waals surface area contributed by atoms with E-state index < -0.39 is 0 Å². The van der Waals surface area contributed by atoms with Crippen LogP contribution in [0.4, 0.5) is 0 Å². The molecule has 1 heterocycles. The first kappa shape index (κ1) is 7.98. The van der Waals surface area contributed by atoms with Gasteiger partial charge in [-0.05, 0) is 6.42 Å². The molecule has 2 amide bonds. The summed E-state index contributed by atoms with van der Waals surface area (Å²) in [7, 11) is 0. The average molecular weight is 230 g/mol. The second-order valence-corrected chi connectivity index (χ2v) is 4.15. The number of allylic oxidation sites excluding steroid dienone is 2. The Balaban J connectivity index is 2.32. The molecule has 2 rings (SSSR count). The number of fused-ring (bicyclic) bond motifs is 1. The van der Waals surface area contributed by atoms with Crippen molar-refractivity contribution in [2.24, 2.45) is 11.8 Å². The van der Waals surface area contributed by atoms with Crippen LogP contribution in [0.25, 0.3) is 0 Å². The van der Waals surface area contributed by atoms with Crippen molar-refractivity contribution in [1.82, 2.24) is 5.32 Å². The highest BCUT2D eigenvalue weighted by Crippen LogP contribution is 2.34. The lowest BCUT2D eigenvalue weighted by Gasteiger charge is -2.20. The highest BCUT2D eigenvalue weighted by molar-refractivity contribution is 9.09. The zero-order chi connectivity index (χ0) is 8.72. The Labute approximate surface area is 78.3 Å². The van der Waals surface area contributed by atoms with Gasteiger partial charge in [0.25, 0.3) is 0 Å². The van der Waals surface area contributed by atoms with E-state index in [1.54, 1.807) is 0 Å². The predicted molar refractivity (Wildman–Crippen MR) is 46.6 cm³/mol. The molecule has 1 fully saturated rings. The number of hydrogen-bond acceptors (Lipinski definition) is 2. The van der Waals surface area contributed by atoms with Crippen molar-refractivity contribution in [1.29, 1.82) is 0 Å². The quantitative estimate of drug-likeness (QED) is 0.376. The molecule has 1 aliphatic heterocycles. The Morgan fingerprint density at radius 3 is 2.83 bits per heavy atom. The molecular weight excluding hydrogens is 222 g/mol. The molecule has 0 radical (unpaired) electrons. The van der Waals surface area contributed by atoms with Gasteiger partial charge in [0, 0.05) is 4.83 Å². The van der Waals surface area contributed by atoms with Crippen LogP contribution in [0, 0.1) is 11.8 Å². The Bertz CT molecular complexity index is 274. The summed E-state index contributed by atoms with van der Waals surface area (Å²) in [6, 6.07) is 0. The van der Waals surface area contributed by atoms with Gasteiger partial charge >= 0.3 is 0 Å². The molecule has 0 aromatic heterocycles. The van der Waals surface area contributed by atoms with Gasteiger partial charge in [-0.2, -0.15) is 0 Å². The predicted octanol–water partition coefficient (Wildman–Crippen LogP) is 0.599. The number of imide groups is 1. The van der Waals surface area contributed by atoms with Gasteiger partial charge in [-0.15, -0.1) is 0 Å². The minimum absolute atomic E-state index is 0.0164. The van der Waals surface area contributed by atoms with E-state index in [-0.39, 0.29) is 28.5 Å². The fraction of sp³-hybridized carbons (Fsp3) is 0.500. The van der Waals surface area contributed by atoms with E-state index in [0.717, 1.165) is 0 Å². The second-order valence-electron chi connectivity index (χ2n) is 3.09. The van der Waals surface area contributed by atoms with Crippen molar-refractivity contribution >= 4 is 27.7 Å². The Morgan fingerprint density at radius 2 is 2.17 bits per heavy atom. The van der Waals surface area contributed by atoms with Gasteiger partial charge in [0.2, 0.25) is 11.8 Å². The summed E-state index contributed by atoms with van der Waals surface area (Å²) in [5.41, 5.74) is 0. The first-order chi connectivity index (χ1) is 5.70. The highest BCUT2D eigenvalue weighted by Gasteiger charge is 2.45. The molecule has 3 nitrogen and oxygen atoms in total. The van der Waals surface area contributed by atoms with E-state index >= 15 is 0 Å². The van der Waals surface area contributed by atoms with Gasteiger partial charge in [-0.3, -0.25) is 14.9 Å². The molecule has 0 spiro atoms. The van der Waals surface area contributed by atoms with Crippen molar-refractivity contribution in [3.63, 3.8) is 0 Å². The molecule has 2 aliphatic rings. The van der Waals surface area contributed by atoms with Crippen LogP contribution in [0.15, 0.2) is 12.2 Å². The maximum absolute atomic E-state index is 11.2. The molecule has 0 aromatic carbocycles. The summed E-state index contributed by atoms with van der Waals surface area (Å²) in [5.74, 6) is -0.607. The van der Waals surface area contributed by atoms with Crippen LogP contribution >= 0.6 is 15.9 Å². The van der Waals surface area contributed by atoms with Gasteiger partial charge in [0.1, 0.15) is 0 Å². The van der Waals surface area contributed by atoms with Crippen LogP contribution in [0.1, 0.15) is 6.42 Å². The monoisotopic (exact) mass is 229 g/mol. The van der Waals surface area contributed by atoms with Crippen LogP contribution in [0.2, 0.25) is 0 Å². The lowest BCUT2D eigenvalue weighted by molar-refractivity contribution is -0.126. The minimum Gasteiger partial charge on any atom is -0.296 e. The lowest BCUT2D eigenvalue weighted by Crippen LogP contribution is -2.28. The Kier molecular flexibility index (Phi) is 1.79. The van der Waals surface area contributed by atoms with Crippen molar-refractivity contribution in [3.05, 3.63) is 12.2 Å². The molecule has 0 saturated carbocycles. The normalized spacial score (nSPS) is 39.6. The molecule has 1 saturated heterocycles. The van der Waals surface area contributed by atoms with Gasteiger partial charge in [0.15, 0.2) is 0 Å². The van der Waals surface area contributed by atoms with Crippen LogP contribution in [0.3, 0.4) is 0 Å². The summed E-state index contributed by atoms with van der Waals surface area (Å²) < 4.78 is 0. The number of halogens is 1. The number of carbonyl (C=O) groups is 2. The second kappa shape index (κ2) is 2.69. The van der Waals surface area contributed by atoms with Crippen molar-refractivity contribution in [2.75, 3.05) is 0 Å². The standard InChI is InChI=1S/C8H8BrNO2/c9-5-3-1-2-4-6(5)8(12)10-7(4)11/h1,3-6H,2H2,(H,10,11,12)/t4-,5-,6-/m1/s1. The lowest BCUT2D eigenvalue weighted by atomic mass is 9.85. The first-order valence-electron chi connectivity index (χ1n) is 3.85. The number of hydrogen-bond donors (Lipinski definition) is 1. The molecule has 1 N–H and O–H groups in total. The zero-order valence-corrected chi connectivity index (χ0v) is 7.87. The third kappa shape index (κ3) is 1.02. The molecule has 1 aliphatic carbocycles. The Morgan fingerprint density at radius 1 is 1.42 bits per heavy atom. The Hall–Kier alpha value is -0.640. The zero-order valence-electron chi connectivity index (χ0n) is 6.29. The summed E-state index contributed by atoms with van der Waals surface area (Å²) in [6.45, 7) is 0. The molecular formula is C8H8BrNO2. The largest absolute Gasteiger partial charge is 0.296 e. The maximum atomic E-state index is 11.2. The summed E-state index contributed by atoms with van der Waals surface area (Å²) in [4.78, 5) is 22.4. The van der Waals surface area contributed by atoms with Crippen LogP contribution in [-0.4, -0.2) is 16.6 Å². The van der Waals surface area contributed by atoms with Crippen molar-refractivity contribution < 1.29 is 9.59 Å². The average Bonchev–Trinajstić information content (AvgIpc) is 2.29. The van der Waals surface area contributed by atoms with Gasteiger partial charge in [0.05, 0.1) is 11.8 Å². The van der Waals surface area contributed by atoms with E-state index in [1.165, 1.54) is 0 Å². The van der Waals surface area contributed by atoms with E-state index in [2.05, 4.69) is 21.2 Å². The van der Waals surface area contributed by atoms with Crippen molar-refractivity contribution in [3.8, 4) is 0 Å². The first-order valence-corrected chi connectivity index (χ1v) is 4.77. The third-order valence-electron chi connectivity index (χ3n) is 2.37. The summed E-state index contributed by atoms with van der Waals surface area (Å²) >= 11 is 3.36. The molecule has 3 atom stereocenters. The number of alkyl halides is 1. The molecule has 12 heavy (non-hydrogen) atoms. The fourth-order valence-corrected chi connectivity index (χ4v) is 2.56. The minimum atomic E-state index is -0.192. The molecule has 0 bridgehead atoms. The maximum Gasteiger partial charge on any atom is 0.231 e. The van der Waals surface area contributed by atoms with Crippen LogP contribution < -0.4 is 5.32 Å². The third-order valence-corrected chi connectivity index (χ3v) is 3.25. The highest BCUT2D eigenvalue weighted by atomic mass is 79.9. The van der Waals surface area contributed by atoms with Crippen molar-refractivity contribution in [2.45, 2.75) is 11.2 Å². The fourth-order valence-electron chi connectivity index (χ4n) is 1.74. The van der Waals surface area contributed by atoms with E-state index in [0.29, 0.717) is 6.42 Å². The topological polar surface area (TPSA) is 46.2 Å². The summed E-state index contributed by atoms with van der Waals surface area (Å²) in [6.07, 6.45) is 4.56. The number of rotatable bonds is 0. The van der Waals surface area contributed by atoms with Gasteiger partial charge < -0.3 is 0 Å². The smallest absolute Gasteiger partial charge is 0.231 e. The van der Waals surface area contributed by atoms with E-state index in [9.17, 15) is 9.59 Å². The van der Waals surface area contributed by atoms with E-state index in [1.807, 2.05) is 12.2 Å². The number of nitrogens with one attached hydrogen (secondary N) is 1. The number of carbonyl (C=O) groups excluding carboxylic acids is 2. The SMILES string of the molecule is O=C1NC(=O)[C@@H]2CC=C[C@@H](Br)[C@H]12.